The van der Waals surface area contributed by atoms with Crippen LogP contribution in [0.4, 0.5) is 17.1 Å². The molecule has 0 fully saturated rings. The molecule has 5 heteroatoms. The van der Waals surface area contributed by atoms with Crippen molar-refractivity contribution in [1.29, 1.82) is 0 Å². The Bertz CT molecular complexity index is 3120. The van der Waals surface area contributed by atoms with Gasteiger partial charge in [-0.3, -0.25) is 4.57 Å². The van der Waals surface area contributed by atoms with Crippen LogP contribution in [0.15, 0.2) is 118 Å². The average molecular weight is 717 g/mol. The van der Waals surface area contributed by atoms with Gasteiger partial charge in [0.1, 0.15) is 11.2 Å². The fourth-order valence-corrected chi connectivity index (χ4v) is 9.48. The lowest BCUT2D eigenvalue weighted by Gasteiger charge is -2.42. The highest BCUT2D eigenvalue weighted by Crippen LogP contribution is 2.48. The van der Waals surface area contributed by atoms with Crippen LogP contribution in [0, 0.1) is 0 Å². The lowest BCUT2D eigenvalue weighted by atomic mass is 9.33. The third kappa shape index (κ3) is 4.41. The molecule has 4 nitrogen and oxygen atoms in total. The first-order chi connectivity index (χ1) is 26.2. The fraction of sp³-hybridized carbons (Fsp3) is 0.240. The second-order valence-corrected chi connectivity index (χ2v) is 19.0. The number of anilines is 3. The van der Waals surface area contributed by atoms with Gasteiger partial charge in [0.25, 0.3) is 6.71 Å². The Morgan fingerprint density at radius 3 is 1.82 bits per heavy atom. The van der Waals surface area contributed by atoms with Gasteiger partial charge in [0, 0.05) is 38.6 Å². The van der Waals surface area contributed by atoms with E-state index in [-0.39, 0.29) is 23.0 Å². The number of benzene rings is 6. The van der Waals surface area contributed by atoms with Crippen LogP contribution in [0.1, 0.15) is 79.0 Å². The molecule has 0 aliphatic carbocycles. The summed E-state index contributed by atoms with van der Waals surface area (Å²) < 4.78 is 16.2. The molecular weight excluding hydrogens is 671 g/mol. The zero-order valence-electron chi connectivity index (χ0n) is 33.2. The number of nitrogens with zero attached hydrogens (tertiary/aromatic N) is 2. The summed E-state index contributed by atoms with van der Waals surface area (Å²) in [5.74, 6) is 0. The number of furan rings is 2. The van der Waals surface area contributed by atoms with Crippen LogP contribution in [0.3, 0.4) is 0 Å². The molecule has 0 saturated heterocycles. The maximum Gasteiger partial charge on any atom is 0.252 e. The minimum atomic E-state index is -0.124. The van der Waals surface area contributed by atoms with Gasteiger partial charge in [-0.1, -0.05) is 129 Å². The van der Waals surface area contributed by atoms with Crippen LogP contribution in [-0.2, 0) is 16.2 Å². The monoisotopic (exact) mass is 716 g/mol. The molecule has 0 atom stereocenters. The Morgan fingerprint density at radius 1 is 0.473 bits per heavy atom. The van der Waals surface area contributed by atoms with Crippen molar-refractivity contribution in [3.63, 3.8) is 0 Å². The van der Waals surface area contributed by atoms with Crippen molar-refractivity contribution < 1.29 is 8.83 Å². The van der Waals surface area contributed by atoms with Crippen molar-refractivity contribution in [3.05, 3.63) is 126 Å². The van der Waals surface area contributed by atoms with Gasteiger partial charge in [0.15, 0.2) is 5.58 Å². The Labute approximate surface area is 322 Å². The molecule has 6 aromatic carbocycles. The van der Waals surface area contributed by atoms with Gasteiger partial charge >= 0.3 is 0 Å². The van der Waals surface area contributed by atoms with Crippen molar-refractivity contribution in [2.45, 2.75) is 78.6 Å². The standard InChI is InChI=1S/C50H45BN2O2/c1-48(2,3)28-21-22-35-38(25-28)52(37-18-14-17-32-31-15-10-12-19-41(31)54-46(32)37)39-26-30(50(7,8)9)27-40-44(39)51(35)36-24-29(49(4,5)6)23-34-43-33-16-11-13-20-42(33)55-47(43)53(40)45(34)36/h10-27H,1-9H3. The van der Waals surface area contributed by atoms with Crippen molar-refractivity contribution in [1.82, 2.24) is 4.57 Å². The van der Waals surface area contributed by atoms with Crippen LogP contribution in [0.2, 0.25) is 0 Å². The minimum absolute atomic E-state index is 0.0109. The Kier molecular flexibility index (Phi) is 6.27. The maximum atomic E-state index is 6.94. The summed E-state index contributed by atoms with van der Waals surface area (Å²) in [6, 6.07) is 40.7. The van der Waals surface area contributed by atoms with Gasteiger partial charge in [-0.05, 0) is 91.8 Å². The third-order valence-corrected chi connectivity index (χ3v) is 12.4. The number of hydrogen-bond acceptors (Lipinski definition) is 3. The van der Waals surface area contributed by atoms with Gasteiger partial charge in [-0.15, -0.1) is 0 Å². The molecule has 11 rings (SSSR count). The topological polar surface area (TPSA) is 34.5 Å². The van der Waals surface area contributed by atoms with Crippen LogP contribution in [-0.4, -0.2) is 11.3 Å². The molecule has 0 N–H and O–H groups in total. The average Bonchev–Trinajstić information content (AvgIpc) is 3.81. The summed E-state index contributed by atoms with van der Waals surface area (Å²) in [6.07, 6.45) is 0. The molecule has 0 radical (unpaired) electrons. The molecule has 2 aliphatic heterocycles. The molecule has 0 bridgehead atoms. The van der Waals surface area contributed by atoms with Crippen LogP contribution < -0.4 is 21.3 Å². The number of aromatic nitrogens is 1. The molecule has 3 aromatic heterocycles. The number of hydrogen-bond donors (Lipinski definition) is 0. The highest BCUT2D eigenvalue weighted by Gasteiger charge is 2.45. The van der Waals surface area contributed by atoms with Crippen molar-refractivity contribution in [2.75, 3.05) is 4.90 Å². The summed E-state index contributed by atoms with van der Waals surface area (Å²) >= 11 is 0. The Balaban J connectivity index is 1.35. The normalized spacial score (nSPS) is 14.2. The third-order valence-electron chi connectivity index (χ3n) is 12.4. The number of para-hydroxylation sites is 3. The summed E-state index contributed by atoms with van der Waals surface area (Å²) in [7, 11) is 0. The van der Waals surface area contributed by atoms with Crippen LogP contribution >= 0.6 is 0 Å². The fourth-order valence-electron chi connectivity index (χ4n) is 9.48. The molecule has 0 amide bonds. The van der Waals surface area contributed by atoms with Crippen molar-refractivity contribution in [3.8, 4) is 5.69 Å². The minimum Gasteiger partial charge on any atom is -0.454 e. The zero-order chi connectivity index (χ0) is 37.9. The van der Waals surface area contributed by atoms with Gasteiger partial charge in [-0.2, -0.15) is 0 Å². The molecule has 0 saturated carbocycles. The van der Waals surface area contributed by atoms with Gasteiger partial charge < -0.3 is 13.7 Å². The first kappa shape index (κ1) is 32.7. The largest absolute Gasteiger partial charge is 0.454 e. The van der Waals surface area contributed by atoms with E-state index < -0.39 is 0 Å². The summed E-state index contributed by atoms with van der Waals surface area (Å²) in [6.45, 7) is 20.9. The van der Waals surface area contributed by atoms with Crippen molar-refractivity contribution >= 4 is 95.1 Å². The summed E-state index contributed by atoms with van der Waals surface area (Å²) in [5, 5.41) is 5.88. The van der Waals surface area contributed by atoms with E-state index in [0.29, 0.717) is 0 Å². The predicted octanol–water partition coefficient (Wildman–Crippen LogP) is 11.9. The number of rotatable bonds is 1. The molecule has 0 unspecified atom stereocenters. The first-order valence-corrected chi connectivity index (χ1v) is 19.7. The van der Waals surface area contributed by atoms with E-state index in [2.05, 4.69) is 181 Å². The van der Waals surface area contributed by atoms with E-state index in [1.54, 1.807) is 0 Å². The quantitative estimate of drug-likeness (QED) is 0.159. The lowest BCUT2D eigenvalue weighted by Crippen LogP contribution is -2.60. The molecule has 270 valence electrons. The van der Waals surface area contributed by atoms with E-state index in [1.807, 2.05) is 0 Å². The van der Waals surface area contributed by atoms with E-state index >= 15 is 0 Å². The van der Waals surface area contributed by atoms with Crippen LogP contribution in [0.25, 0.3) is 60.6 Å². The highest BCUT2D eigenvalue weighted by molar-refractivity contribution is 7.00. The van der Waals surface area contributed by atoms with E-state index in [9.17, 15) is 0 Å². The van der Waals surface area contributed by atoms with E-state index in [0.717, 1.165) is 44.3 Å². The molecule has 55 heavy (non-hydrogen) atoms. The summed E-state index contributed by atoms with van der Waals surface area (Å²) in [4.78, 5) is 2.52. The Morgan fingerprint density at radius 2 is 1.09 bits per heavy atom. The molecule has 5 heterocycles. The SMILES string of the molecule is CC(C)(C)c1ccc2c(c1)N(c1cccc3c1oc1ccccc13)c1cc(C(C)(C)C)cc3c1B2c1cc(C(C)(C)C)cc2c4c5ccccc5oc4n-3c12. The first-order valence-electron chi connectivity index (χ1n) is 19.7. The molecule has 9 aromatic rings. The Hall–Kier alpha value is -5.68. The lowest BCUT2D eigenvalue weighted by molar-refractivity contribution is 0.589. The highest BCUT2D eigenvalue weighted by atomic mass is 16.3. The van der Waals surface area contributed by atoms with Crippen LogP contribution in [0.5, 0.6) is 0 Å². The second-order valence-electron chi connectivity index (χ2n) is 19.0. The van der Waals surface area contributed by atoms with Crippen molar-refractivity contribution in [2.24, 2.45) is 0 Å². The predicted molar refractivity (Wildman–Crippen MR) is 233 cm³/mol. The number of fused-ring (bicyclic) bond motifs is 12. The van der Waals surface area contributed by atoms with E-state index in [1.165, 1.54) is 66.4 Å². The summed E-state index contributed by atoms with van der Waals surface area (Å²) in [5.41, 5.74) is 17.1. The van der Waals surface area contributed by atoms with E-state index in [4.69, 9.17) is 8.83 Å². The molecular formula is C50H45BN2O2. The van der Waals surface area contributed by atoms with Gasteiger partial charge in [-0.25, -0.2) is 0 Å². The second kappa shape index (κ2) is 10.5. The van der Waals surface area contributed by atoms with Gasteiger partial charge in [0.2, 0.25) is 5.71 Å². The zero-order valence-corrected chi connectivity index (χ0v) is 33.2. The van der Waals surface area contributed by atoms with Gasteiger partial charge in [0.05, 0.1) is 16.6 Å². The maximum absolute atomic E-state index is 6.94. The molecule has 0 spiro atoms. The smallest absolute Gasteiger partial charge is 0.252 e. The molecule has 2 aliphatic rings.